The van der Waals surface area contributed by atoms with Gasteiger partial charge in [0, 0.05) is 30.4 Å². The summed E-state index contributed by atoms with van der Waals surface area (Å²) in [6.45, 7) is 6.53. The van der Waals surface area contributed by atoms with Gasteiger partial charge in [0.05, 0.1) is 17.4 Å². The summed E-state index contributed by atoms with van der Waals surface area (Å²) in [7, 11) is -3.67. The van der Waals surface area contributed by atoms with Crippen molar-refractivity contribution in [3.05, 3.63) is 101 Å². The van der Waals surface area contributed by atoms with Gasteiger partial charge in [-0.15, -0.1) is 0 Å². The molecule has 0 aromatic heterocycles. The number of aliphatic hydroxyl groups is 1. The number of aliphatic hydroxyl groups excluding tert-OH is 1. The third kappa shape index (κ3) is 10.7. The molecule has 10 heteroatoms. The van der Waals surface area contributed by atoms with Crippen LogP contribution in [0.5, 0.6) is 0 Å². The van der Waals surface area contributed by atoms with Crippen molar-refractivity contribution in [3.63, 3.8) is 0 Å². The van der Waals surface area contributed by atoms with E-state index in [1.807, 2.05) is 32.0 Å². The van der Waals surface area contributed by atoms with Crippen LogP contribution in [0.4, 0.5) is 14.5 Å². The van der Waals surface area contributed by atoms with Crippen LogP contribution in [0.15, 0.2) is 66.7 Å². The van der Waals surface area contributed by atoms with Crippen molar-refractivity contribution >= 4 is 21.6 Å². The van der Waals surface area contributed by atoms with Crippen LogP contribution < -0.4 is 15.4 Å². The van der Waals surface area contributed by atoms with E-state index in [1.54, 1.807) is 12.1 Å². The first kappa shape index (κ1) is 34.2. The highest BCUT2D eigenvalue weighted by Gasteiger charge is 2.25. The van der Waals surface area contributed by atoms with Crippen molar-refractivity contribution in [2.75, 3.05) is 11.3 Å². The minimum Gasteiger partial charge on any atom is -0.390 e. The van der Waals surface area contributed by atoms with E-state index in [4.69, 9.17) is 0 Å². The number of amides is 1. The van der Waals surface area contributed by atoms with Gasteiger partial charge in [-0.05, 0) is 72.7 Å². The number of carbonyl (C=O) groups excluding carboxylic acids is 1. The fourth-order valence-electron chi connectivity index (χ4n) is 5.05. The zero-order valence-corrected chi connectivity index (χ0v) is 25.9. The summed E-state index contributed by atoms with van der Waals surface area (Å²) in [6.07, 6.45) is 2.28. The lowest BCUT2D eigenvalue weighted by molar-refractivity contribution is 0.0830. The molecule has 3 aromatic carbocycles. The molecule has 0 saturated heterocycles. The first-order chi connectivity index (χ1) is 20.5. The number of aryl methyl sites for hydroxylation is 1. The molecule has 0 bridgehead atoms. The Balaban J connectivity index is 1.76. The number of halogens is 2. The first-order valence-electron chi connectivity index (χ1n) is 14.9. The monoisotopic (exact) mass is 615 g/mol. The Hall–Kier alpha value is -3.34. The second-order valence-corrected chi connectivity index (χ2v) is 12.8. The van der Waals surface area contributed by atoms with Crippen molar-refractivity contribution in [1.82, 2.24) is 10.6 Å². The summed E-state index contributed by atoms with van der Waals surface area (Å²) in [6, 6.07) is 16.4. The highest BCUT2D eigenvalue weighted by molar-refractivity contribution is 7.93. The summed E-state index contributed by atoms with van der Waals surface area (Å²) >= 11 is 0. The van der Waals surface area contributed by atoms with Gasteiger partial charge in [0.2, 0.25) is 10.0 Å². The molecule has 0 fully saturated rings. The number of anilines is 1. The molecule has 0 spiro atoms. The average Bonchev–Trinajstić information content (AvgIpc) is 2.96. The zero-order chi connectivity index (χ0) is 31.4. The highest BCUT2D eigenvalue weighted by Crippen LogP contribution is 2.20. The van der Waals surface area contributed by atoms with Crippen molar-refractivity contribution in [2.24, 2.45) is 0 Å². The van der Waals surface area contributed by atoms with Crippen LogP contribution in [-0.4, -0.2) is 43.4 Å². The second-order valence-electron chi connectivity index (χ2n) is 10.9. The molecule has 4 N–H and O–H groups in total. The average molecular weight is 616 g/mol. The van der Waals surface area contributed by atoms with Crippen molar-refractivity contribution in [3.8, 4) is 0 Å². The number of hydrogen-bond donors (Lipinski definition) is 4. The van der Waals surface area contributed by atoms with Crippen LogP contribution in [-0.2, 0) is 29.4 Å². The Labute approximate surface area is 254 Å². The van der Waals surface area contributed by atoms with Crippen molar-refractivity contribution in [1.29, 1.82) is 0 Å². The molecule has 0 heterocycles. The van der Waals surface area contributed by atoms with Gasteiger partial charge in [0.1, 0.15) is 11.6 Å². The van der Waals surface area contributed by atoms with E-state index >= 15 is 0 Å². The predicted octanol–water partition coefficient (Wildman–Crippen LogP) is 5.73. The van der Waals surface area contributed by atoms with E-state index in [2.05, 4.69) is 28.3 Å². The van der Waals surface area contributed by atoms with Crippen LogP contribution in [0, 0.1) is 11.6 Å². The lowest BCUT2D eigenvalue weighted by Gasteiger charge is -2.25. The van der Waals surface area contributed by atoms with Crippen molar-refractivity contribution < 1.29 is 27.1 Å². The molecule has 7 nitrogen and oxygen atoms in total. The molecular weight excluding hydrogens is 572 g/mol. The molecule has 43 heavy (non-hydrogen) atoms. The van der Waals surface area contributed by atoms with E-state index in [1.165, 1.54) is 17.7 Å². The number of sulfonamides is 1. The molecule has 0 radical (unpaired) electrons. The van der Waals surface area contributed by atoms with Gasteiger partial charge in [-0.2, -0.15) is 0 Å². The van der Waals surface area contributed by atoms with Gasteiger partial charge in [-0.1, -0.05) is 63.9 Å². The van der Waals surface area contributed by atoms with Gasteiger partial charge in [0.25, 0.3) is 5.91 Å². The number of rotatable bonds is 17. The Morgan fingerprint density at radius 3 is 2.16 bits per heavy atom. The normalized spacial score (nSPS) is 13.1. The minimum absolute atomic E-state index is 0.0311. The van der Waals surface area contributed by atoms with E-state index in [0.717, 1.165) is 43.0 Å². The SMILES string of the molecule is CCCC(CCC)S(=O)(=O)Nc1cccc(C(=O)N[C@@H](Cc2cc(F)cc(F)c2)[C@@H](O)CNCc2cccc(CC)c2)c1. The molecule has 0 unspecified atom stereocenters. The molecule has 234 valence electrons. The summed E-state index contributed by atoms with van der Waals surface area (Å²) < 4.78 is 56.5. The predicted molar refractivity (Wildman–Crippen MR) is 167 cm³/mol. The Bertz CT molecular complexity index is 1430. The zero-order valence-electron chi connectivity index (χ0n) is 25.1. The Morgan fingerprint density at radius 1 is 0.860 bits per heavy atom. The van der Waals surface area contributed by atoms with Crippen LogP contribution in [0.1, 0.15) is 73.5 Å². The van der Waals surface area contributed by atoms with Crippen LogP contribution >= 0.6 is 0 Å². The third-order valence-electron chi connectivity index (χ3n) is 7.29. The van der Waals surface area contributed by atoms with Crippen molar-refractivity contribution in [2.45, 2.75) is 83.2 Å². The fourth-order valence-corrected chi connectivity index (χ4v) is 6.77. The smallest absolute Gasteiger partial charge is 0.251 e. The number of carbonyl (C=O) groups is 1. The van der Waals surface area contributed by atoms with Crippen LogP contribution in [0.3, 0.4) is 0 Å². The first-order valence-corrected chi connectivity index (χ1v) is 16.4. The van der Waals surface area contributed by atoms with Gasteiger partial charge in [-0.3, -0.25) is 9.52 Å². The number of nitrogens with one attached hydrogen (secondary N) is 3. The van der Waals surface area contributed by atoms with E-state index in [9.17, 15) is 27.1 Å². The minimum atomic E-state index is -3.67. The van der Waals surface area contributed by atoms with Crippen LogP contribution in [0.2, 0.25) is 0 Å². The molecule has 1 amide bonds. The number of benzene rings is 3. The maximum Gasteiger partial charge on any atom is 0.251 e. The molecule has 0 aliphatic carbocycles. The summed E-state index contributed by atoms with van der Waals surface area (Å²) in [5.41, 5.74) is 2.93. The molecule has 0 aliphatic heterocycles. The molecule has 3 aromatic rings. The Morgan fingerprint density at radius 2 is 1.51 bits per heavy atom. The van der Waals surface area contributed by atoms with E-state index in [-0.39, 0.29) is 29.8 Å². The third-order valence-corrected chi connectivity index (χ3v) is 9.16. The molecule has 0 aliphatic rings. The lowest BCUT2D eigenvalue weighted by Crippen LogP contribution is -2.48. The summed E-state index contributed by atoms with van der Waals surface area (Å²) in [4.78, 5) is 13.3. The molecular formula is C33H43F2N3O4S. The van der Waals surface area contributed by atoms with Gasteiger partial charge in [0.15, 0.2) is 0 Å². The maximum absolute atomic E-state index is 13.9. The molecule has 0 saturated carbocycles. The van der Waals surface area contributed by atoms with Crippen LogP contribution in [0.25, 0.3) is 0 Å². The lowest BCUT2D eigenvalue weighted by atomic mass is 10.00. The summed E-state index contributed by atoms with van der Waals surface area (Å²) in [5, 5.41) is 16.5. The highest BCUT2D eigenvalue weighted by atomic mass is 32.2. The molecule has 2 atom stereocenters. The standard InChI is InChI=1S/C33H43F2N3O4S/c1-4-9-30(10-5-2)43(41,42)38-29-14-8-13-26(19-29)33(40)37-31(18-25-16-27(34)20-28(35)17-25)32(39)22-36-21-24-12-7-11-23(6-3)15-24/h7-8,11-17,19-20,30-32,36,38-39H,4-6,9-10,18,21-22H2,1-3H3,(H,37,40)/t31-,32-/m0/s1. The number of hydrogen-bond acceptors (Lipinski definition) is 5. The topological polar surface area (TPSA) is 108 Å². The molecule has 3 rings (SSSR count). The van der Waals surface area contributed by atoms with Gasteiger partial charge >= 0.3 is 0 Å². The fraction of sp³-hybridized carbons (Fsp3) is 0.424. The van der Waals surface area contributed by atoms with E-state index in [0.29, 0.717) is 19.4 Å². The summed E-state index contributed by atoms with van der Waals surface area (Å²) in [5.74, 6) is -2.07. The quantitative estimate of drug-likeness (QED) is 0.155. The largest absolute Gasteiger partial charge is 0.390 e. The Kier molecular flexibility index (Phi) is 13.1. The van der Waals surface area contributed by atoms with Gasteiger partial charge < -0.3 is 15.7 Å². The van der Waals surface area contributed by atoms with E-state index < -0.39 is 45.0 Å². The van der Waals surface area contributed by atoms with Gasteiger partial charge in [-0.25, -0.2) is 17.2 Å². The second kappa shape index (κ2) is 16.5. The maximum atomic E-state index is 13.9.